The molecule has 0 bridgehead atoms. The zero-order valence-electron chi connectivity index (χ0n) is 8.79. The van der Waals surface area contributed by atoms with E-state index in [1.807, 2.05) is 0 Å². The Morgan fingerprint density at radius 3 is 2.88 bits per heavy atom. The number of aromatic nitrogens is 3. The number of carbonyl (C=O) groups excluding carboxylic acids is 1. The van der Waals surface area contributed by atoms with Crippen LogP contribution in [0, 0.1) is 6.92 Å². The number of hydrogen-bond acceptors (Lipinski definition) is 3. The number of nitrogens with zero attached hydrogens (tertiary/aromatic N) is 2. The van der Waals surface area contributed by atoms with E-state index in [1.165, 1.54) is 0 Å². The SMILES string of the molecule is Cc1nc(C(=O)Nc2ccc(Br)cc2Cl)n[nH]1. The molecule has 0 saturated heterocycles. The lowest BCUT2D eigenvalue weighted by Crippen LogP contribution is -2.14. The van der Waals surface area contributed by atoms with Gasteiger partial charge in [0, 0.05) is 4.47 Å². The van der Waals surface area contributed by atoms with E-state index in [1.54, 1.807) is 25.1 Å². The third-order valence-electron chi connectivity index (χ3n) is 1.98. The molecule has 1 heterocycles. The van der Waals surface area contributed by atoms with Crippen LogP contribution in [0.5, 0.6) is 0 Å². The van der Waals surface area contributed by atoms with Crippen LogP contribution in [0.2, 0.25) is 5.02 Å². The summed E-state index contributed by atoms with van der Waals surface area (Å²) in [5, 5.41) is 9.43. The molecule has 0 aliphatic heterocycles. The number of aryl methyl sites for hydroxylation is 1. The number of H-pyrrole nitrogens is 1. The molecule has 5 nitrogen and oxygen atoms in total. The Morgan fingerprint density at radius 2 is 2.29 bits per heavy atom. The third-order valence-corrected chi connectivity index (χ3v) is 2.79. The lowest BCUT2D eigenvalue weighted by Gasteiger charge is -2.05. The zero-order valence-corrected chi connectivity index (χ0v) is 11.1. The molecule has 2 aromatic rings. The van der Waals surface area contributed by atoms with Crippen LogP contribution in [-0.4, -0.2) is 21.1 Å². The molecule has 1 aromatic carbocycles. The van der Waals surface area contributed by atoms with Crippen LogP contribution >= 0.6 is 27.5 Å². The summed E-state index contributed by atoms with van der Waals surface area (Å²) < 4.78 is 0.842. The van der Waals surface area contributed by atoms with Crippen LogP contribution in [0.3, 0.4) is 0 Å². The van der Waals surface area contributed by atoms with Crippen molar-refractivity contribution in [3.63, 3.8) is 0 Å². The van der Waals surface area contributed by atoms with Crippen molar-refractivity contribution < 1.29 is 4.79 Å². The van der Waals surface area contributed by atoms with Crippen molar-refractivity contribution in [3.8, 4) is 0 Å². The maximum Gasteiger partial charge on any atom is 0.295 e. The van der Waals surface area contributed by atoms with Crippen molar-refractivity contribution in [1.82, 2.24) is 15.2 Å². The minimum absolute atomic E-state index is 0.0847. The Hall–Kier alpha value is -1.40. The van der Waals surface area contributed by atoms with E-state index < -0.39 is 5.91 Å². The summed E-state index contributed by atoms with van der Waals surface area (Å²) in [4.78, 5) is 15.7. The summed E-state index contributed by atoms with van der Waals surface area (Å²) in [5.74, 6) is 0.261. The molecule has 0 aliphatic rings. The smallest absolute Gasteiger partial charge is 0.295 e. The normalized spacial score (nSPS) is 10.3. The fraction of sp³-hybridized carbons (Fsp3) is 0.100. The van der Waals surface area contributed by atoms with Gasteiger partial charge in [-0.15, -0.1) is 5.10 Å². The first-order valence-corrected chi connectivity index (χ1v) is 5.89. The minimum Gasteiger partial charge on any atom is -0.318 e. The predicted octanol–water partition coefficient (Wildman–Crippen LogP) is 2.78. The Balaban J connectivity index is 2.18. The molecule has 0 fully saturated rings. The molecule has 0 radical (unpaired) electrons. The second-order valence-electron chi connectivity index (χ2n) is 3.32. The standard InChI is InChI=1S/C10H8BrClN4O/c1-5-13-9(16-15-5)10(17)14-8-3-2-6(11)4-7(8)12/h2-4H,1H3,(H,14,17)(H,13,15,16). The van der Waals surface area contributed by atoms with Gasteiger partial charge in [0.1, 0.15) is 5.82 Å². The Kier molecular flexibility index (Phi) is 3.44. The summed E-state index contributed by atoms with van der Waals surface area (Å²) in [6.45, 7) is 1.72. The number of amides is 1. The molecule has 1 amide bonds. The molecule has 88 valence electrons. The van der Waals surface area contributed by atoms with Crippen molar-refractivity contribution in [2.45, 2.75) is 6.92 Å². The quantitative estimate of drug-likeness (QED) is 0.895. The van der Waals surface area contributed by atoms with Gasteiger partial charge in [-0.3, -0.25) is 9.89 Å². The van der Waals surface area contributed by atoms with Crippen molar-refractivity contribution in [2.75, 3.05) is 5.32 Å². The highest BCUT2D eigenvalue weighted by Gasteiger charge is 2.12. The second kappa shape index (κ2) is 4.85. The van der Waals surface area contributed by atoms with Gasteiger partial charge in [0.25, 0.3) is 5.91 Å². The number of aromatic amines is 1. The maximum absolute atomic E-state index is 11.7. The van der Waals surface area contributed by atoms with Gasteiger partial charge in [-0.05, 0) is 25.1 Å². The van der Waals surface area contributed by atoms with Crippen LogP contribution < -0.4 is 5.32 Å². The molecule has 1 aromatic heterocycles. The Labute approximate surface area is 111 Å². The summed E-state index contributed by atoms with van der Waals surface area (Å²) in [6, 6.07) is 5.18. The molecule has 0 saturated carbocycles. The highest BCUT2D eigenvalue weighted by Crippen LogP contribution is 2.25. The van der Waals surface area contributed by atoms with Crippen molar-refractivity contribution in [1.29, 1.82) is 0 Å². The molecule has 2 N–H and O–H groups in total. The van der Waals surface area contributed by atoms with Crippen LogP contribution in [0.25, 0.3) is 0 Å². The summed E-state index contributed by atoms with van der Waals surface area (Å²) in [5.41, 5.74) is 0.516. The average molecular weight is 316 g/mol. The monoisotopic (exact) mass is 314 g/mol. The van der Waals surface area contributed by atoms with Gasteiger partial charge in [0.05, 0.1) is 10.7 Å². The first-order chi connectivity index (χ1) is 8.06. The van der Waals surface area contributed by atoms with E-state index in [-0.39, 0.29) is 5.82 Å². The van der Waals surface area contributed by atoms with Crippen LogP contribution in [0.4, 0.5) is 5.69 Å². The minimum atomic E-state index is -0.404. The zero-order chi connectivity index (χ0) is 12.4. The number of carbonyl (C=O) groups is 1. The molecule has 0 aliphatic carbocycles. The van der Waals surface area contributed by atoms with Crippen molar-refractivity contribution in [2.24, 2.45) is 0 Å². The molecule has 0 unspecified atom stereocenters. The van der Waals surface area contributed by atoms with Gasteiger partial charge in [-0.2, -0.15) is 0 Å². The predicted molar refractivity (Wildman–Crippen MR) is 68.2 cm³/mol. The van der Waals surface area contributed by atoms with Crippen LogP contribution in [0.1, 0.15) is 16.4 Å². The Morgan fingerprint density at radius 1 is 1.53 bits per heavy atom. The molecule has 2 rings (SSSR count). The van der Waals surface area contributed by atoms with Gasteiger partial charge in [-0.1, -0.05) is 27.5 Å². The topological polar surface area (TPSA) is 70.7 Å². The summed E-state index contributed by atoms with van der Waals surface area (Å²) in [7, 11) is 0. The first-order valence-electron chi connectivity index (χ1n) is 4.71. The van der Waals surface area contributed by atoms with Crippen molar-refractivity contribution in [3.05, 3.63) is 39.3 Å². The van der Waals surface area contributed by atoms with Crippen molar-refractivity contribution >= 4 is 39.1 Å². The molecular weight excluding hydrogens is 307 g/mol. The average Bonchev–Trinajstić information content (AvgIpc) is 2.69. The number of halogens is 2. The molecule has 0 atom stereocenters. The number of hydrogen-bond donors (Lipinski definition) is 2. The van der Waals surface area contributed by atoms with Gasteiger partial charge in [0.2, 0.25) is 5.82 Å². The third kappa shape index (κ3) is 2.83. The second-order valence-corrected chi connectivity index (χ2v) is 4.65. The van der Waals surface area contributed by atoms with Gasteiger partial charge in [0.15, 0.2) is 0 Å². The number of rotatable bonds is 2. The first kappa shape index (κ1) is 12.1. The van der Waals surface area contributed by atoms with E-state index in [4.69, 9.17) is 11.6 Å². The van der Waals surface area contributed by atoms with Gasteiger partial charge >= 0.3 is 0 Å². The maximum atomic E-state index is 11.7. The molecular formula is C10H8BrClN4O. The number of anilines is 1. The Bertz CT molecular complexity index is 569. The largest absolute Gasteiger partial charge is 0.318 e. The fourth-order valence-electron chi connectivity index (χ4n) is 1.21. The molecule has 7 heteroatoms. The number of nitrogens with one attached hydrogen (secondary N) is 2. The molecule has 0 spiro atoms. The highest BCUT2D eigenvalue weighted by atomic mass is 79.9. The van der Waals surface area contributed by atoms with E-state index >= 15 is 0 Å². The van der Waals surface area contributed by atoms with Crippen LogP contribution in [-0.2, 0) is 0 Å². The fourth-order valence-corrected chi connectivity index (χ4v) is 1.93. The van der Waals surface area contributed by atoms with E-state index in [0.29, 0.717) is 16.5 Å². The number of benzene rings is 1. The van der Waals surface area contributed by atoms with E-state index in [2.05, 4.69) is 36.4 Å². The summed E-state index contributed by atoms with van der Waals surface area (Å²) in [6.07, 6.45) is 0. The van der Waals surface area contributed by atoms with Gasteiger partial charge < -0.3 is 5.32 Å². The molecule has 17 heavy (non-hydrogen) atoms. The van der Waals surface area contributed by atoms with Crippen LogP contribution in [0.15, 0.2) is 22.7 Å². The van der Waals surface area contributed by atoms with E-state index in [0.717, 1.165) is 4.47 Å². The van der Waals surface area contributed by atoms with E-state index in [9.17, 15) is 4.79 Å². The lowest BCUT2D eigenvalue weighted by molar-refractivity contribution is 0.101. The van der Waals surface area contributed by atoms with Gasteiger partial charge in [-0.25, -0.2) is 4.98 Å². The lowest BCUT2D eigenvalue weighted by atomic mass is 10.3. The highest BCUT2D eigenvalue weighted by molar-refractivity contribution is 9.10. The summed E-state index contributed by atoms with van der Waals surface area (Å²) >= 11 is 9.26.